The minimum absolute atomic E-state index is 0.193. The van der Waals surface area contributed by atoms with Crippen molar-refractivity contribution in [3.05, 3.63) is 22.2 Å². The SMILES string of the molecule is CN(Cc1cnc(Cl)nc1Cl)C[C@H]1CCCN1. The molecular formula is C11H16Cl2N4. The van der Waals surface area contributed by atoms with Crippen LogP contribution in [0.3, 0.4) is 0 Å². The number of halogens is 2. The summed E-state index contributed by atoms with van der Waals surface area (Å²) in [5.74, 6) is 0. The van der Waals surface area contributed by atoms with Crippen molar-refractivity contribution in [1.82, 2.24) is 20.2 Å². The van der Waals surface area contributed by atoms with Gasteiger partial charge < -0.3 is 10.2 Å². The van der Waals surface area contributed by atoms with Crippen molar-refractivity contribution in [1.29, 1.82) is 0 Å². The third-order valence-electron chi connectivity index (χ3n) is 2.92. The molecule has 1 atom stereocenters. The van der Waals surface area contributed by atoms with Crippen molar-refractivity contribution in [2.75, 3.05) is 20.1 Å². The molecule has 2 rings (SSSR count). The lowest BCUT2D eigenvalue weighted by molar-refractivity contribution is 0.292. The first-order chi connectivity index (χ1) is 8.15. The van der Waals surface area contributed by atoms with Crippen molar-refractivity contribution in [3.8, 4) is 0 Å². The van der Waals surface area contributed by atoms with E-state index in [0.29, 0.717) is 11.2 Å². The maximum Gasteiger partial charge on any atom is 0.223 e. The summed E-state index contributed by atoms with van der Waals surface area (Å²) in [5.41, 5.74) is 0.913. The summed E-state index contributed by atoms with van der Waals surface area (Å²) in [6.07, 6.45) is 4.20. The first-order valence-corrected chi connectivity index (χ1v) is 6.49. The van der Waals surface area contributed by atoms with Crippen LogP contribution in [-0.4, -0.2) is 41.0 Å². The van der Waals surface area contributed by atoms with Crippen LogP contribution in [0.15, 0.2) is 6.20 Å². The van der Waals surface area contributed by atoms with Crippen LogP contribution in [0.5, 0.6) is 0 Å². The first-order valence-electron chi connectivity index (χ1n) is 5.74. The summed E-state index contributed by atoms with van der Waals surface area (Å²) >= 11 is 11.7. The van der Waals surface area contributed by atoms with Gasteiger partial charge in [-0.2, -0.15) is 0 Å². The quantitative estimate of drug-likeness (QED) is 0.673. The highest BCUT2D eigenvalue weighted by atomic mass is 35.5. The van der Waals surface area contributed by atoms with Crippen LogP contribution in [0.1, 0.15) is 18.4 Å². The summed E-state index contributed by atoms with van der Waals surface area (Å²) < 4.78 is 0. The summed E-state index contributed by atoms with van der Waals surface area (Å²) in [5, 5.41) is 4.10. The molecule has 1 fully saturated rings. The Balaban J connectivity index is 1.90. The molecule has 0 spiro atoms. The normalized spacial score (nSPS) is 20.1. The van der Waals surface area contributed by atoms with Gasteiger partial charge >= 0.3 is 0 Å². The highest BCUT2D eigenvalue weighted by Crippen LogP contribution is 2.16. The van der Waals surface area contributed by atoms with Crippen molar-refractivity contribution in [2.24, 2.45) is 0 Å². The predicted octanol–water partition coefficient (Wildman–Crippen LogP) is 1.97. The number of likely N-dealkylation sites (N-methyl/N-ethyl adjacent to an activating group) is 1. The van der Waals surface area contributed by atoms with E-state index in [1.165, 1.54) is 12.8 Å². The highest BCUT2D eigenvalue weighted by molar-refractivity contribution is 6.32. The van der Waals surface area contributed by atoms with Gasteiger partial charge in [0.2, 0.25) is 5.28 Å². The fourth-order valence-electron chi connectivity index (χ4n) is 2.12. The van der Waals surface area contributed by atoms with Gasteiger partial charge in [0, 0.05) is 30.9 Å². The smallest absolute Gasteiger partial charge is 0.223 e. The van der Waals surface area contributed by atoms with Crippen molar-refractivity contribution >= 4 is 23.2 Å². The van der Waals surface area contributed by atoms with Gasteiger partial charge in [-0.15, -0.1) is 0 Å². The number of nitrogens with zero attached hydrogens (tertiary/aromatic N) is 3. The lowest BCUT2D eigenvalue weighted by Gasteiger charge is -2.21. The topological polar surface area (TPSA) is 41.1 Å². The molecular weight excluding hydrogens is 259 g/mol. The molecule has 0 bridgehead atoms. The molecule has 94 valence electrons. The van der Waals surface area contributed by atoms with E-state index in [-0.39, 0.29) is 5.28 Å². The molecule has 2 heterocycles. The molecule has 6 heteroatoms. The van der Waals surface area contributed by atoms with Crippen LogP contribution in [0.4, 0.5) is 0 Å². The fourth-order valence-corrected chi connectivity index (χ4v) is 2.48. The van der Waals surface area contributed by atoms with E-state index in [0.717, 1.165) is 25.2 Å². The molecule has 0 aliphatic carbocycles. The molecule has 1 saturated heterocycles. The van der Waals surface area contributed by atoms with E-state index < -0.39 is 0 Å². The van der Waals surface area contributed by atoms with Crippen LogP contribution >= 0.6 is 23.2 Å². The molecule has 1 aromatic rings. The van der Waals surface area contributed by atoms with Gasteiger partial charge in [-0.3, -0.25) is 0 Å². The van der Waals surface area contributed by atoms with Crippen molar-refractivity contribution < 1.29 is 0 Å². The largest absolute Gasteiger partial charge is 0.313 e. The molecule has 0 saturated carbocycles. The number of hydrogen-bond donors (Lipinski definition) is 1. The standard InChI is InChI=1S/C11H16Cl2N4/c1-17(7-9-3-2-4-14-9)6-8-5-15-11(13)16-10(8)12/h5,9,14H,2-4,6-7H2,1H3/t9-/m1/s1. The average molecular weight is 275 g/mol. The number of aromatic nitrogens is 2. The molecule has 0 radical (unpaired) electrons. The fraction of sp³-hybridized carbons (Fsp3) is 0.636. The minimum atomic E-state index is 0.193. The zero-order chi connectivity index (χ0) is 12.3. The molecule has 1 aromatic heterocycles. The zero-order valence-corrected chi connectivity index (χ0v) is 11.3. The molecule has 0 aromatic carbocycles. The first kappa shape index (κ1) is 13.0. The zero-order valence-electron chi connectivity index (χ0n) is 9.79. The van der Waals surface area contributed by atoms with E-state index in [1.54, 1.807) is 6.20 Å². The third kappa shape index (κ3) is 3.78. The monoisotopic (exact) mass is 274 g/mol. The van der Waals surface area contributed by atoms with Gasteiger partial charge in [0.05, 0.1) is 0 Å². The molecule has 4 nitrogen and oxygen atoms in total. The summed E-state index contributed by atoms with van der Waals surface area (Å²) in [4.78, 5) is 10.1. The van der Waals surface area contributed by atoms with Crippen LogP contribution in [0.2, 0.25) is 10.4 Å². The van der Waals surface area contributed by atoms with Gasteiger partial charge in [0.1, 0.15) is 5.15 Å². The van der Waals surface area contributed by atoms with Crippen molar-refractivity contribution in [3.63, 3.8) is 0 Å². The Labute approximate surface area is 111 Å². The van der Waals surface area contributed by atoms with Gasteiger partial charge in [0.25, 0.3) is 0 Å². The predicted molar refractivity (Wildman–Crippen MR) is 69.4 cm³/mol. The highest BCUT2D eigenvalue weighted by Gasteiger charge is 2.16. The Morgan fingerprint density at radius 2 is 2.35 bits per heavy atom. The molecule has 1 aliphatic rings. The summed E-state index contributed by atoms with van der Waals surface area (Å²) in [6, 6.07) is 0.590. The third-order valence-corrected chi connectivity index (χ3v) is 3.43. The summed E-state index contributed by atoms with van der Waals surface area (Å²) in [7, 11) is 2.07. The maximum absolute atomic E-state index is 6.01. The van der Waals surface area contributed by atoms with E-state index in [1.807, 2.05) is 0 Å². The Hall–Kier alpha value is -0.420. The number of rotatable bonds is 4. The maximum atomic E-state index is 6.01. The van der Waals surface area contributed by atoms with Crippen molar-refractivity contribution in [2.45, 2.75) is 25.4 Å². The second kappa shape index (κ2) is 5.96. The molecule has 17 heavy (non-hydrogen) atoms. The van der Waals surface area contributed by atoms with Gasteiger partial charge in [-0.05, 0) is 38.0 Å². The van der Waals surface area contributed by atoms with Crippen LogP contribution in [0.25, 0.3) is 0 Å². The van der Waals surface area contributed by atoms with Gasteiger partial charge in [-0.25, -0.2) is 9.97 Å². The van der Waals surface area contributed by atoms with E-state index in [2.05, 4.69) is 27.2 Å². The minimum Gasteiger partial charge on any atom is -0.313 e. The molecule has 0 unspecified atom stereocenters. The molecule has 0 amide bonds. The van der Waals surface area contributed by atoms with E-state index in [9.17, 15) is 0 Å². The molecule has 1 N–H and O–H groups in total. The molecule has 1 aliphatic heterocycles. The summed E-state index contributed by atoms with van der Waals surface area (Å²) in [6.45, 7) is 2.89. The Kier molecular flexibility index (Phi) is 4.56. The van der Waals surface area contributed by atoms with Crippen LogP contribution < -0.4 is 5.32 Å². The lowest BCUT2D eigenvalue weighted by atomic mass is 10.2. The Morgan fingerprint density at radius 3 is 3.00 bits per heavy atom. The van der Waals surface area contributed by atoms with E-state index in [4.69, 9.17) is 23.2 Å². The van der Waals surface area contributed by atoms with Gasteiger partial charge in [0.15, 0.2) is 0 Å². The Morgan fingerprint density at radius 1 is 1.53 bits per heavy atom. The second-order valence-electron chi connectivity index (χ2n) is 4.45. The van der Waals surface area contributed by atoms with Gasteiger partial charge in [-0.1, -0.05) is 11.6 Å². The second-order valence-corrected chi connectivity index (χ2v) is 5.14. The average Bonchev–Trinajstić information content (AvgIpc) is 2.75. The van der Waals surface area contributed by atoms with Crippen LogP contribution in [0, 0.1) is 0 Å². The lowest BCUT2D eigenvalue weighted by Crippen LogP contribution is -2.35. The number of hydrogen-bond acceptors (Lipinski definition) is 4. The number of nitrogens with one attached hydrogen (secondary N) is 1. The van der Waals surface area contributed by atoms with E-state index >= 15 is 0 Å². The Bertz CT molecular complexity index is 380. The van der Waals surface area contributed by atoms with Crippen LogP contribution in [-0.2, 0) is 6.54 Å².